The standard InChI is InChI=1S/C9H15N3/c1-9(4-2-5-10-7-9)8-3-6-11-12-8/h3,6,10H,2,4-5,7H2,1H3,(H,11,12)/t9-/m1/s1. The van der Waals surface area contributed by atoms with Crippen LogP contribution in [0.2, 0.25) is 0 Å². The van der Waals surface area contributed by atoms with E-state index < -0.39 is 0 Å². The van der Waals surface area contributed by atoms with Gasteiger partial charge in [0.05, 0.1) is 0 Å². The summed E-state index contributed by atoms with van der Waals surface area (Å²) in [4.78, 5) is 0. The van der Waals surface area contributed by atoms with Crippen molar-refractivity contribution in [2.75, 3.05) is 13.1 Å². The summed E-state index contributed by atoms with van der Waals surface area (Å²) in [6.07, 6.45) is 4.34. The Labute approximate surface area is 72.6 Å². The van der Waals surface area contributed by atoms with Crippen LogP contribution in [0.4, 0.5) is 0 Å². The highest BCUT2D eigenvalue weighted by atomic mass is 15.1. The lowest BCUT2D eigenvalue weighted by atomic mass is 9.80. The van der Waals surface area contributed by atoms with Crippen LogP contribution in [0.3, 0.4) is 0 Å². The zero-order valence-corrected chi connectivity index (χ0v) is 7.43. The number of nitrogens with zero attached hydrogens (tertiary/aromatic N) is 1. The second-order valence-electron chi connectivity index (χ2n) is 3.81. The van der Waals surface area contributed by atoms with Crippen molar-refractivity contribution in [3.63, 3.8) is 0 Å². The number of hydrogen-bond acceptors (Lipinski definition) is 2. The van der Waals surface area contributed by atoms with Crippen LogP contribution in [0.5, 0.6) is 0 Å². The van der Waals surface area contributed by atoms with Gasteiger partial charge in [0.1, 0.15) is 0 Å². The molecule has 1 atom stereocenters. The van der Waals surface area contributed by atoms with E-state index >= 15 is 0 Å². The molecule has 3 nitrogen and oxygen atoms in total. The Morgan fingerprint density at radius 3 is 3.08 bits per heavy atom. The molecular formula is C9H15N3. The maximum atomic E-state index is 3.99. The van der Waals surface area contributed by atoms with Gasteiger partial charge in [0.2, 0.25) is 0 Å². The number of rotatable bonds is 1. The van der Waals surface area contributed by atoms with Crippen LogP contribution in [0, 0.1) is 0 Å². The minimum absolute atomic E-state index is 0.273. The van der Waals surface area contributed by atoms with E-state index in [1.54, 1.807) is 0 Å². The van der Waals surface area contributed by atoms with Crippen LogP contribution >= 0.6 is 0 Å². The van der Waals surface area contributed by atoms with Gasteiger partial charge in [-0.15, -0.1) is 0 Å². The third-order valence-corrected chi connectivity index (χ3v) is 2.75. The summed E-state index contributed by atoms with van der Waals surface area (Å²) in [6, 6.07) is 2.08. The first-order valence-corrected chi connectivity index (χ1v) is 4.52. The Balaban J connectivity index is 2.19. The fourth-order valence-electron chi connectivity index (χ4n) is 1.88. The van der Waals surface area contributed by atoms with Crippen molar-refractivity contribution in [3.8, 4) is 0 Å². The Hall–Kier alpha value is -0.830. The van der Waals surface area contributed by atoms with Crippen LogP contribution in [0.1, 0.15) is 25.5 Å². The SMILES string of the molecule is C[C@@]1(c2ccn[nH]2)CCCNC1. The average Bonchev–Trinajstić information content (AvgIpc) is 2.58. The van der Waals surface area contributed by atoms with Gasteiger partial charge in [-0.2, -0.15) is 5.10 Å². The summed E-state index contributed by atoms with van der Waals surface area (Å²) in [5.41, 5.74) is 1.53. The molecular weight excluding hydrogens is 150 g/mol. The molecule has 66 valence electrons. The molecule has 0 amide bonds. The van der Waals surface area contributed by atoms with Gasteiger partial charge in [-0.05, 0) is 25.5 Å². The minimum Gasteiger partial charge on any atom is -0.316 e. The number of piperidine rings is 1. The first kappa shape index (κ1) is 7.80. The molecule has 0 bridgehead atoms. The lowest BCUT2D eigenvalue weighted by Crippen LogP contribution is -2.41. The molecule has 2 heterocycles. The van der Waals surface area contributed by atoms with Gasteiger partial charge < -0.3 is 5.32 Å². The summed E-state index contributed by atoms with van der Waals surface area (Å²) < 4.78 is 0. The smallest absolute Gasteiger partial charge is 0.0490 e. The summed E-state index contributed by atoms with van der Waals surface area (Å²) in [5, 5.41) is 10.5. The van der Waals surface area contributed by atoms with E-state index in [0.29, 0.717) is 0 Å². The topological polar surface area (TPSA) is 40.7 Å². The highest BCUT2D eigenvalue weighted by Crippen LogP contribution is 2.28. The highest BCUT2D eigenvalue weighted by Gasteiger charge is 2.29. The van der Waals surface area contributed by atoms with E-state index in [1.807, 2.05) is 6.20 Å². The van der Waals surface area contributed by atoms with Gasteiger partial charge in [0, 0.05) is 23.9 Å². The summed E-state index contributed by atoms with van der Waals surface area (Å²) in [5.74, 6) is 0. The van der Waals surface area contributed by atoms with E-state index in [9.17, 15) is 0 Å². The number of aromatic amines is 1. The zero-order valence-electron chi connectivity index (χ0n) is 7.43. The molecule has 1 saturated heterocycles. The van der Waals surface area contributed by atoms with Gasteiger partial charge in [-0.1, -0.05) is 6.92 Å². The highest BCUT2D eigenvalue weighted by molar-refractivity contribution is 5.15. The average molecular weight is 165 g/mol. The van der Waals surface area contributed by atoms with Crippen LogP contribution in [0.25, 0.3) is 0 Å². The summed E-state index contributed by atoms with van der Waals surface area (Å²) in [6.45, 7) is 4.51. The van der Waals surface area contributed by atoms with Crippen molar-refractivity contribution < 1.29 is 0 Å². The maximum absolute atomic E-state index is 3.99. The van der Waals surface area contributed by atoms with Crippen LogP contribution in [-0.4, -0.2) is 23.3 Å². The molecule has 0 aliphatic carbocycles. The number of nitrogens with one attached hydrogen (secondary N) is 2. The van der Waals surface area contributed by atoms with Crippen LogP contribution in [0.15, 0.2) is 12.3 Å². The molecule has 2 rings (SSSR count). The molecule has 1 aromatic heterocycles. The predicted octanol–water partition coefficient (Wildman–Crippen LogP) is 1.05. The molecule has 12 heavy (non-hydrogen) atoms. The Bertz CT molecular complexity index is 234. The normalized spacial score (nSPS) is 30.4. The molecule has 0 unspecified atom stereocenters. The number of aromatic nitrogens is 2. The van der Waals surface area contributed by atoms with E-state index in [1.165, 1.54) is 18.5 Å². The van der Waals surface area contributed by atoms with Crippen LogP contribution < -0.4 is 5.32 Å². The van der Waals surface area contributed by atoms with Gasteiger partial charge in [-0.25, -0.2) is 0 Å². The van der Waals surface area contributed by atoms with E-state index in [2.05, 4.69) is 28.5 Å². The molecule has 0 radical (unpaired) electrons. The van der Waals surface area contributed by atoms with E-state index in [4.69, 9.17) is 0 Å². The molecule has 0 spiro atoms. The van der Waals surface area contributed by atoms with Gasteiger partial charge in [-0.3, -0.25) is 5.10 Å². The summed E-state index contributed by atoms with van der Waals surface area (Å²) in [7, 11) is 0. The first-order valence-electron chi connectivity index (χ1n) is 4.52. The quantitative estimate of drug-likeness (QED) is 0.653. The van der Waals surface area contributed by atoms with E-state index in [0.717, 1.165) is 13.1 Å². The fourth-order valence-corrected chi connectivity index (χ4v) is 1.88. The van der Waals surface area contributed by atoms with Crippen molar-refractivity contribution in [2.24, 2.45) is 0 Å². The maximum Gasteiger partial charge on any atom is 0.0490 e. The third kappa shape index (κ3) is 1.25. The predicted molar refractivity (Wildman–Crippen MR) is 48.0 cm³/mol. The number of H-pyrrole nitrogens is 1. The molecule has 3 heteroatoms. The van der Waals surface area contributed by atoms with Crippen molar-refractivity contribution in [1.82, 2.24) is 15.5 Å². The molecule has 2 N–H and O–H groups in total. The minimum atomic E-state index is 0.273. The molecule has 0 saturated carbocycles. The van der Waals surface area contributed by atoms with Gasteiger partial charge in [0.25, 0.3) is 0 Å². The monoisotopic (exact) mass is 165 g/mol. The lowest BCUT2D eigenvalue weighted by molar-refractivity contribution is 0.332. The molecule has 0 aromatic carbocycles. The fraction of sp³-hybridized carbons (Fsp3) is 0.667. The largest absolute Gasteiger partial charge is 0.316 e. The van der Waals surface area contributed by atoms with Crippen molar-refractivity contribution in [2.45, 2.75) is 25.2 Å². The lowest BCUT2D eigenvalue weighted by Gasteiger charge is -2.32. The Morgan fingerprint density at radius 1 is 1.58 bits per heavy atom. The first-order chi connectivity index (χ1) is 5.81. The second-order valence-corrected chi connectivity index (χ2v) is 3.81. The van der Waals surface area contributed by atoms with Crippen molar-refractivity contribution in [3.05, 3.63) is 18.0 Å². The molecule has 1 aromatic rings. The van der Waals surface area contributed by atoms with Gasteiger partial charge >= 0.3 is 0 Å². The Kier molecular flexibility index (Phi) is 1.89. The summed E-state index contributed by atoms with van der Waals surface area (Å²) >= 11 is 0. The zero-order chi connectivity index (χ0) is 8.44. The van der Waals surface area contributed by atoms with Gasteiger partial charge in [0.15, 0.2) is 0 Å². The van der Waals surface area contributed by atoms with Crippen molar-refractivity contribution >= 4 is 0 Å². The molecule has 1 aliphatic rings. The van der Waals surface area contributed by atoms with E-state index in [-0.39, 0.29) is 5.41 Å². The third-order valence-electron chi connectivity index (χ3n) is 2.75. The van der Waals surface area contributed by atoms with Crippen molar-refractivity contribution in [1.29, 1.82) is 0 Å². The number of hydrogen-bond donors (Lipinski definition) is 2. The Morgan fingerprint density at radius 2 is 2.50 bits per heavy atom. The van der Waals surface area contributed by atoms with Crippen LogP contribution in [-0.2, 0) is 5.41 Å². The second kappa shape index (κ2) is 2.90. The molecule has 1 fully saturated rings. The molecule has 1 aliphatic heterocycles.